The number of carbonyl (C=O) groups excluding carboxylic acids is 2. The normalized spacial score (nSPS) is 11.9. The van der Waals surface area contributed by atoms with E-state index in [4.69, 9.17) is 0 Å². The maximum Gasteiger partial charge on any atom is 0.256 e. The molecule has 0 radical (unpaired) electrons. The van der Waals surface area contributed by atoms with E-state index < -0.39 is 12.0 Å². The molecule has 0 spiro atoms. The Morgan fingerprint density at radius 2 is 1.62 bits per heavy atom. The second-order valence-corrected chi connectivity index (χ2v) is 6.55. The second-order valence-electron chi connectivity index (χ2n) is 5.69. The fourth-order valence-corrected chi connectivity index (χ4v) is 2.50. The smallest absolute Gasteiger partial charge is 0.256 e. The third-order valence-corrected chi connectivity index (χ3v) is 4.10. The van der Waals surface area contributed by atoms with Crippen molar-refractivity contribution in [2.45, 2.75) is 20.0 Å². The van der Waals surface area contributed by atoms with Gasteiger partial charge in [-0.1, -0.05) is 32.0 Å². The lowest BCUT2D eigenvalue weighted by molar-refractivity contribution is -0.125. The van der Waals surface area contributed by atoms with E-state index in [1.54, 1.807) is 56.3 Å². The third kappa shape index (κ3) is 4.66. The molecule has 0 fully saturated rings. The summed E-state index contributed by atoms with van der Waals surface area (Å²) in [7, 11) is 0. The molecule has 1 atom stereocenters. The Morgan fingerprint density at radius 3 is 2.25 bits per heavy atom. The summed E-state index contributed by atoms with van der Waals surface area (Å²) in [5.74, 6) is -0.907. The minimum Gasteiger partial charge on any atom is -0.383 e. The zero-order valence-corrected chi connectivity index (χ0v) is 15.0. The van der Waals surface area contributed by atoms with Crippen LogP contribution in [0.3, 0.4) is 0 Å². The first-order valence-electron chi connectivity index (χ1n) is 7.53. The van der Waals surface area contributed by atoms with E-state index in [0.29, 0.717) is 21.4 Å². The van der Waals surface area contributed by atoms with Crippen LogP contribution in [0, 0.1) is 5.92 Å². The van der Waals surface area contributed by atoms with Crippen LogP contribution < -0.4 is 10.6 Å². The number of carbonyl (C=O) groups is 2. The molecule has 0 heterocycles. The van der Waals surface area contributed by atoms with Crippen molar-refractivity contribution in [2.24, 2.45) is 5.92 Å². The summed E-state index contributed by atoms with van der Waals surface area (Å²) in [6.45, 7) is 3.53. The van der Waals surface area contributed by atoms with Crippen LogP contribution >= 0.6 is 15.9 Å². The van der Waals surface area contributed by atoms with Crippen molar-refractivity contribution in [1.29, 1.82) is 0 Å². The highest BCUT2D eigenvalue weighted by Crippen LogP contribution is 2.20. The molecule has 0 aromatic heterocycles. The molecular formula is C18H19BrN2O3. The summed E-state index contributed by atoms with van der Waals surface area (Å²) < 4.78 is 0.701. The zero-order valence-electron chi connectivity index (χ0n) is 13.4. The van der Waals surface area contributed by atoms with E-state index in [1.165, 1.54) is 0 Å². The Kier molecular flexibility index (Phi) is 6.11. The number of rotatable bonds is 5. The highest BCUT2D eigenvalue weighted by Gasteiger charge is 2.19. The second kappa shape index (κ2) is 8.08. The van der Waals surface area contributed by atoms with E-state index in [9.17, 15) is 14.7 Å². The molecule has 0 aliphatic carbocycles. The van der Waals surface area contributed by atoms with Crippen LogP contribution in [0.1, 0.15) is 24.2 Å². The molecule has 0 aliphatic heterocycles. The maximum atomic E-state index is 12.3. The molecule has 2 aromatic carbocycles. The summed E-state index contributed by atoms with van der Waals surface area (Å²) in [6, 6.07) is 13.9. The van der Waals surface area contributed by atoms with E-state index >= 15 is 0 Å². The van der Waals surface area contributed by atoms with Crippen molar-refractivity contribution in [3.63, 3.8) is 0 Å². The minimum atomic E-state index is -1.08. The maximum absolute atomic E-state index is 12.3. The van der Waals surface area contributed by atoms with Gasteiger partial charge in [0, 0.05) is 15.8 Å². The lowest BCUT2D eigenvalue weighted by atomic mass is 10.1. The molecule has 2 aromatic rings. The average molecular weight is 391 g/mol. The molecule has 2 amide bonds. The van der Waals surface area contributed by atoms with Crippen LogP contribution in [-0.2, 0) is 4.79 Å². The van der Waals surface area contributed by atoms with Crippen molar-refractivity contribution in [3.05, 3.63) is 58.6 Å². The van der Waals surface area contributed by atoms with Crippen molar-refractivity contribution < 1.29 is 14.7 Å². The van der Waals surface area contributed by atoms with E-state index in [0.717, 1.165) is 0 Å². The quantitative estimate of drug-likeness (QED) is 0.728. The molecule has 0 unspecified atom stereocenters. The summed E-state index contributed by atoms with van der Waals surface area (Å²) >= 11 is 3.34. The van der Waals surface area contributed by atoms with Gasteiger partial charge in [0.1, 0.15) is 6.10 Å². The molecule has 0 aliphatic rings. The molecule has 24 heavy (non-hydrogen) atoms. The lowest BCUT2D eigenvalue weighted by Crippen LogP contribution is -2.31. The molecule has 3 N–H and O–H groups in total. The molecule has 0 saturated carbocycles. The first-order chi connectivity index (χ1) is 11.4. The van der Waals surface area contributed by atoms with Crippen molar-refractivity contribution in [2.75, 3.05) is 10.6 Å². The van der Waals surface area contributed by atoms with Crippen molar-refractivity contribution in [1.82, 2.24) is 0 Å². The van der Waals surface area contributed by atoms with Gasteiger partial charge >= 0.3 is 0 Å². The van der Waals surface area contributed by atoms with Crippen LogP contribution in [0.2, 0.25) is 0 Å². The first kappa shape index (κ1) is 18.2. The molecule has 5 nitrogen and oxygen atoms in total. The van der Waals surface area contributed by atoms with Crippen LogP contribution in [0.15, 0.2) is 53.0 Å². The Morgan fingerprint density at radius 1 is 1.00 bits per heavy atom. The van der Waals surface area contributed by atoms with Gasteiger partial charge in [-0.15, -0.1) is 0 Å². The van der Waals surface area contributed by atoms with Gasteiger partial charge in [-0.2, -0.15) is 0 Å². The van der Waals surface area contributed by atoms with E-state index in [1.807, 2.05) is 6.07 Å². The van der Waals surface area contributed by atoms with E-state index in [2.05, 4.69) is 26.6 Å². The molecule has 2 rings (SSSR count). The summed E-state index contributed by atoms with van der Waals surface area (Å²) in [6.07, 6.45) is -1.08. The van der Waals surface area contributed by atoms with Crippen molar-refractivity contribution >= 4 is 39.1 Å². The Bertz CT molecular complexity index is 747. The summed E-state index contributed by atoms with van der Waals surface area (Å²) in [5.41, 5.74) is 1.57. The van der Waals surface area contributed by atoms with Gasteiger partial charge in [0.2, 0.25) is 0 Å². The number of hydrogen-bond acceptors (Lipinski definition) is 3. The SMILES string of the molecule is CC(C)[C@@H](O)C(=O)Nc1cccc(NC(=O)c2ccccc2Br)c1. The van der Waals surface area contributed by atoms with Crippen LogP contribution in [0.25, 0.3) is 0 Å². The Hall–Kier alpha value is -2.18. The highest BCUT2D eigenvalue weighted by molar-refractivity contribution is 9.10. The molecular weight excluding hydrogens is 372 g/mol. The number of amides is 2. The molecule has 0 bridgehead atoms. The molecule has 126 valence electrons. The van der Waals surface area contributed by atoms with Crippen LogP contribution in [-0.4, -0.2) is 23.0 Å². The lowest BCUT2D eigenvalue weighted by Gasteiger charge is -2.15. The van der Waals surface area contributed by atoms with Crippen LogP contribution in [0.4, 0.5) is 11.4 Å². The minimum absolute atomic E-state index is 0.177. The largest absolute Gasteiger partial charge is 0.383 e. The van der Waals surface area contributed by atoms with Gasteiger partial charge in [0.15, 0.2) is 0 Å². The summed E-state index contributed by atoms with van der Waals surface area (Å²) in [5, 5.41) is 15.2. The van der Waals surface area contributed by atoms with Gasteiger partial charge in [-0.25, -0.2) is 0 Å². The first-order valence-corrected chi connectivity index (χ1v) is 8.32. The number of nitrogens with one attached hydrogen (secondary N) is 2. The topological polar surface area (TPSA) is 78.4 Å². The van der Waals surface area contributed by atoms with Gasteiger partial charge in [-0.3, -0.25) is 9.59 Å². The highest BCUT2D eigenvalue weighted by atomic mass is 79.9. The number of hydrogen-bond donors (Lipinski definition) is 3. The third-order valence-electron chi connectivity index (χ3n) is 3.41. The number of anilines is 2. The standard InChI is InChI=1S/C18H19BrN2O3/c1-11(2)16(22)18(24)21-13-7-5-6-12(10-13)20-17(23)14-8-3-4-9-15(14)19/h3-11,16,22H,1-2H3,(H,20,23)(H,21,24)/t16-/m1/s1. The predicted octanol–water partition coefficient (Wildman–Crippen LogP) is 3.66. The Balaban J connectivity index is 2.09. The number of halogens is 1. The average Bonchev–Trinajstić information content (AvgIpc) is 2.54. The van der Waals surface area contributed by atoms with E-state index in [-0.39, 0.29) is 11.8 Å². The predicted molar refractivity (Wildman–Crippen MR) is 98.0 cm³/mol. The number of aliphatic hydroxyl groups is 1. The monoisotopic (exact) mass is 390 g/mol. The zero-order chi connectivity index (χ0) is 17.7. The fraction of sp³-hybridized carbons (Fsp3) is 0.222. The van der Waals surface area contributed by atoms with Gasteiger partial charge in [0.25, 0.3) is 11.8 Å². The van der Waals surface area contributed by atoms with Crippen LogP contribution in [0.5, 0.6) is 0 Å². The van der Waals surface area contributed by atoms with Gasteiger partial charge in [0.05, 0.1) is 5.56 Å². The molecule has 0 saturated heterocycles. The number of benzene rings is 2. The van der Waals surface area contributed by atoms with Gasteiger partial charge in [-0.05, 0) is 52.2 Å². The molecule has 6 heteroatoms. The van der Waals surface area contributed by atoms with Crippen molar-refractivity contribution in [3.8, 4) is 0 Å². The van der Waals surface area contributed by atoms with Gasteiger partial charge < -0.3 is 15.7 Å². The Labute approximate surface area is 149 Å². The number of aliphatic hydroxyl groups excluding tert-OH is 1. The summed E-state index contributed by atoms with van der Waals surface area (Å²) in [4.78, 5) is 24.2. The fourth-order valence-electron chi connectivity index (χ4n) is 2.04.